The van der Waals surface area contributed by atoms with E-state index in [-0.39, 0.29) is 11.5 Å². The number of para-hydroxylation sites is 2. The average Bonchev–Trinajstić information content (AvgIpc) is 3.15. The van der Waals surface area contributed by atoms with Gasteiger partial charge in [-0.15, -0.1) is 0 Å². The van der Waals surface area contributed by atoms with Crippen molar-refractivity contribution in [3.05, 3.63) is 88.2 Å². The van der Waals surface area contributed by atoms with E-state index in [1.807, 2.05) is 6.92 Å². The van der Waals surface area contributed by atoms with Crippen LogP contribution in [-0.2, 0) is 0 Å². The maximum atomic E-state index is 12.4. The molecule has 0 bridgehead atoms. The molecule has 0 N–H and O–H groups in total. The Bertz CT molecular complexity index is 1000. The highest BCUT2D eigenvalue weighted by Gasteiger charge is 2.17. The Morgan fingerprint density at radius 2 is 1.85 bits per heavy atom. The number of carbonyl (C=O) groups excluding carboxylic acids is 1. The van der Waals surface area contributed by atoms with E-state index in [2.05, 4.69) is 0 Å². The maximum absolute atomic E-state index is 12.4. The van der Waals surface area contributed by atoms with Crippen molar-refractivity contribution < 1.29 is 18.9 Å². The first-order valence-electron chi connectivity index (χ1n) is 8.38. The Morgan fingerprint density at radius 3 is 2.63 bits per heavy atom. The van der Waals surface area contributed by atoms with Crippen LogP contribution in [0.1, 0.15) is 23.0 Å². The number of nitrogens with zero attached hydrogens (tertiary/aromatic N) is 1. The number of hydrogen-bond acceptors (Lipinski definition) is 5. The predicted molar refractivity (Wildman–Crippen MR) is 102 cm³/mol. The largest absolute Gasteiger partial charge is 0.493 e. The molecule has 0 spiro atoms. The smallest absolute Gasteiger partial charge is 0.280 e. The number of rotatable bonds is 7. The SMILES string of the molecule is CCOc1ccccc1C(=O)/C=C/c1ccc(-c2ccccc2[N+](=O)[O-])o1. The molecular formula is C21H17NO5. The van der Waals surface area contributed by atoms with Crippen LogP contribution >= 0.6 is 0 Å². The first-order chi connectivity index (χ1) is 13.1. The molecule has 3 aromatic rings. The average molecular weight is 363 g/mol. The molecule has 1 aromatic heterocycles. The molecule has 0 atom stereocenters. The third-order valence-corrected chi connectivity index (χ3v) is 3.84. The van der Waals surface area contributed by atoms with Crippen LogP contribution < -0.4 is 4.74 Å². The summed E-state index contributed by atoms with van der Waals surface area (Å²) in [5.74, 6) is 1.09. The number of ether oxygens (including phenoxy) is 1. The maximum Gasteiger partial charge on any atom is 0.280 e. The minimum Gasteiger partial charge on any atom is -0.493 e. The van der Waals surface area contributed by atoms with Crippen LogP contribution in [0.15, 0.2) is 71.2 Å². The van der Waals surface area contributed by atoms with Crippen molar-refractivity contribution in [3.8, 4) is 17.1 Å². The van der Waals surface area contributed by atoms with Gasteiger partial charge in [-0.25, -0.2) is 0 Å². The Balaban J connectivity index is 1.82. The number of benzene rings is 2. The zero-order valence-electron chi connectivity index (χ0n) is 14.6. The highest BCUT2D eigenvalue weighted by atomic mass is 16.6. The van der Waals surface area contributed by atoms with Crippen molar-refractivity contribution in [2.45, 2.75) is 6.92 Å². The summed E-state index contributed by atoms with van der Waals surface area (Å²) < 4.78 is 11.1. The molecule has 136 valence electrons. The monoisotopic (exact) mass is 363 g/mol. The van der Waals surface area contributed by atoms with Crippen molar-refractivity contribution in [3.63, 3.8) is 0 Å². The minimum absolute atomic E-state index is 0.0379. The van der Waals surface area contributed by atoms with Crippen molar-refractivity contribution in [1.82, 2.24) is 0 Å². The zero-order chi connectivity index (χ0) is 19.2. The second-order valence-corrected chi connectivity index (χ2v) is 5.60. The Morgan fingerprint density at radius 1 is 1.11 bits per heavy atom. The first-order valence-corrected chi connectivity index (χ1v) is 8.38. The summed E-state index contributed by atoms with van der Waals surface area (Å²) >= 11 is 0. The molecule has 1 heterocycles. The summed E-state index contributed by atoms with van der Waals surface area (Å²) in [6.07, 6.45) is 2.92. The molecule has 0 aliphatic carbocycles. The topological polar surface area (TPSA) is 82.6 Å². The van der Waals surface area contributed by atoms with Gasteiger partial charge >= 0.3 is 0 Å². The predicted octanol–water partition coefficient (Wildman–Crippen LogP) is 5.15. The first kappa shape index (κ1) is 18.1. The van der Waals surface area contributed by atoms with Gasteiger partial charge in [0.05, 0.1) is 22.7 Å². The molecule has 0 saturated carbocycles. The van der Waals surface area contributed by atoms with Crippen LogP contribution in [0.25, 0.3) is 17.4 Å². The normalized spacial score (nSPS) is 10.9. The second kappa shape index (κ2) is 8.14. The molecule has 0 unspecified atom stereocenters. The zero-order valence-corrected chi connectivity index (χ0v) is 14.6. The number of carbonyl (C=O) groups is 1. The summed E-state index contributed by atoms with van der Waals surface area (Å²) in [4.78, 5) is 23.1. The van der Waals surface area contributed by atoms with Crippen molar-refractivity contribution in [2.75, 3.05) is 6.61 Å². The molecule has 3 rings (SSSR count). The number of hydrogen-bond donors (Lipinski definition) is 0. The Hall–Kier alpha value is -3.67. The van der Waals surface area contributed by atoms with E-state index < -0.39 is 4.92 Å². The second-order valence-electron chi connectivity index (χ2n) is 5.60. The minimum atomic E-state index is -0.457. The molecular weight excluding hydrogens is 346 g/mol. The van der Waals surface area contributed by atoms with Crippen LogP contribution in [0.3, 0.4) is 0 Å². The van der Waals surface area contributed by atoms with Crippen LogP contribution in [0.2, 0.25) is 0 Å². The van der Waals surface area contributed by atoms with E-state index in [0.717, 1.165) is 0 Å². The quantitative estimate of drug-likeness (QED) is 0.251. The molecule has 0 amide bonds. The molecule has 6 nitrogen and oxygen atoms in total. The van der Waals surface area contributed by atoms with Crippen molar-refractivity contribution in [2.24, 2.45) is 0 Å². The molecule has 0 saturated heterocycles. The van der Waals surface area contributed by atoms with Gasteiger partial charge in [0.25, 0.3) is 5.69 Å². The van der Waals surface area contributed by atoms with Crippen LogP contribution in [0, 0.1) is 10.1 Å². The third-order valence-electron chi connectivity index (χ3n) is 3.84. The lowest BCUT2D eigenvalue weighted by molar-refractivity contribution is -0.384. The van der Waals surface area contributed by atoms with Gasteiger partial charge in [0, 0.05) is 6.07 Å². The summed E-state index contributed by atoms with van der Waals surface area (Å²) in [6.45, 7) is 2.32. The van der Waals surface area contributed by atoms with E-state index in [0.29, 0.717) is 35.0 Å². The molecule has 0 fully saturated rings. The van der Waals surface area contributed by atoms with Gasteiger partial charge in [-0.1, -0.05) is 24.3 Å². The third kappa shape index (κ3) is 4.12. The fraction of sp³-hybridized carbons (Fsp3) is 0.0952. The van der Waals surface area contributed by atoms with E-state index in [1.165, 1.54) is 18.2 Å². The van der Waals surface area contributed by atoms with Gasteiger partial charge in [0.1, 0.15) is 17.3 Å². The number of nitro benzene ring substituents is 1. The molecule has 27 heavy (non-hydrogen) atoms. The van der Waals surface area contributed by atoms with Gasteiger partial charge in [-0.3, -0.25) is 14.9 Å². The van der Waals surface area contributed by atoms with E-state index in [1.54, 1.807) is 54.6 Å². The molecule has 6 heteroatoms. The van der Waals surface area contributed by atoms with Gasteiger partial charge in [0.15, 0.2) is 5.78 Å². The summed E-state index contributed by atoms with van der Waals surface area (Å²) in [5.41, 5.74) is 0.806. The summed E-state index contributed by atoms with van der Waals surface area (Å²) in [7, 11) is 0. The highest BCUT2D eigenvalue weighted by Crippen LogP contribution is 2.31. The fourth-order valence-corrected chi connectivity index (χ4v) is 2.63. The van der Waals surface area contributed by atoms with Gasteiger partial charge < -0.3 is 9.15 Å². The lowest BCUT2D eigenvalue weighted by atomic mass is 10.1. The number of allylic oxidation sites excluding steroid dienone is 1. The van der Waals surface area contributed by atoms with Crippen LogP contribution in [0.5, 0.6) is 5.75 Å². The van der Waals surface area contributed by atoms with E-state index in [9.17, 15) is 14.9 Å². The lowest BCUT2D eigenvalue weighted by Crippen LogP contribution is -2.01. The van der Waals surface area contributed by atoms with Gasteiger partial charge in [-0.2, -0.15) is 0 Å². The number of ketones is 1. The molecule has 0 aliphatic heterocycles. The molecule has 0 radical (unpaired) electrons. The van der Waals surface area contributed by atoms with E-state index in [4.69, 9.17) is 9.15 Å². The van der Waals surface area contributed by atoms with Crippen molar-refractivity contribution in [1.29, 1.82) is 0 Å². The lowest BCUT2D eigenvalue weighted by Gasteiger charge is -2.06. The fourth-order valence-electron chi connectivity index (χ4n) is 2.63. The summed E-state index contributed by atoms with van der Waals surface area (Å²) in [5, 5.41) is 11.2. The van der Waals surface area contributed by atoms with Crippen LogP contribution in [-0.4, -0.2) is 17.3 Å². The summed E-state index contributed by atoms with van der Waals surface area (Å²) in [6, 6.07) is 16.6. The highest BCUT2D eigenvalue weighted by molar-refractivity contribution is 6.08. The number of furan rings is 1. The standard InChI is InChI=1S/C21H17NO5/c1-2-26-20-10-6-4-8-17(20)19(23)13-11-15-12-14-21(27-15)16-7-3-5-9-18(16)22(24)25/h3-14H,2H2,1H3/b13-11+. The van der Waals surface area contributed by atoms with Crippen LogP contribution in [0.4, 0.5) is 5.69 Å². The van der Waals surface area contributed by atoms with Crippen molar-refractivity contribution >= 4 is 17.5 Å². The molecule has 0 aliphatic rings. The van der Waals surface area contributed by atoms with Gasteiger partial charge in [0.2, 0.25) is 0 Å². The Labute approximate surface area is 155 Å². The van der Waals surface area contributed by atoms with E-state index >= 15 is 0 Å². The number of nitro groups is 1. The molecule has 2 aromatic carbocycles. The Kier molecular flexibility index (Phi) is 5.47. The van der Waals surface area contributed by atoms with Gasteiger partial charge in [-0.05, 0) is 49.4 Å².